The van der Waals surface area contributed by atoms with Gasteiger partial charge in [0.2, 0.25) is 0 Å². The van der Waals surface area contributed by atoms with Crippen molar-refractivity contribution in [2.75, 3.05) is 37.0 Å². The number of ether oxygens (including phenoxy) is 1. The van der Waals surface area contributed by atoms with Gasteiger partial charge in [0.05, 0.1) is 6.10 Å². The minimum Gasteiger partial charge on any atom is -0.380 e. The maximum absolute atomic E-state index is 5.53. The van der Waals surface area contributed by atoms with Crippen molar-refractivity contribution in [3.05, 3.63) is 11.4 Å². The molecule has 0 radical (unpaired) electrons. The Balaban J connectivity index is 2.28. The summed E-state index contributed by atoms with van der Waals surface area (Å²) in [5, 5.41) is 3.43. The van der Waals surface area contributed by atoms with E-state index >= 15 is 0 Å². The topological polar surface area (TPSA) is 50.3 Å². The van der Waals surface area contributed by atoms with Crippen LogP contribution in [0.2, 0.25) is 0 Å². The zero-order valence-electron chi connectivity index (χ0n) is 13.8. The fourth-order valence-electron chi connectivity index (χ4n) is 2.75. The molecule has 0 aliphatic carbocycles. The Kier molecular flexibility index (Phi) is 5.79. The Bertz CT molecular complexity index is 464. The molecule has 2 rings (SSSR count). The molecule has 2 heterocycles. The highest BCUT2D eigenvalue weighted by Gasteiger charge is 2.23. The van der Waals surface area contributed by atoms with Crippen molar-refractivity contribution < 1.29 is 4.74 Å². The average Bonchev–Trinajstić information content (AvgIpc) is 2.54. The van der Waals surface area contributed by atoms with Crippen molar-refractivity contribution in [3.63, 3.8) is 0 Å². The number of aromatic nitrogens is 2. The monoisotopic (exact) mass is 292 g/mol. The van der Waals surface area contributed by atoms with Crippen LogP contribution in [0.15, 0.2) is 0 Å². The third kappa shape index (κ3) is 3.84. The largest absolute Gasteiger partial charge is 0.380 e. The van der Waals surface area contributed by atoms with Crippen LogP contribution in [0.1, 0.15) is 44.5 Å². The average molecular weight is 292 g/mol. The lowest BCUT2D eigenvalue weighted by Gasteiger charge is -2.34. The SMILES string of the molecule is CCCNc1nc(CC)nc(N2CCCC(OC)C2)c1C. The fourth-order valence-corrected chi connectivity index (χ4v) is 2.75. The number of methoxy groups -OCH3 is 1. The van der Waals surface area contributed by atoms with Gasteiger partial charge in [-0.2, -0.15) is 0 Å². The molecule has 1 aliphatic rings. The number of nitrogens with one attached hydrogen (secondary N) is 1. The number of aryl methyl sites for hydroxylation is 1. The van der Waals surface area contributed by atoms with Gasteiger partial charge in [0.15, 0.2) is 0 Å². The van der Waals surface area contributed by atoms with Crippen LogP contribution in [-0.2, 0) is 11.2 Å². The van der Waals surface area contributed by atoms with Crippen molar-refractivity contribution in [1.82, 2.24) is 9.97 Å². The molecule has 1 aromatic heterocycles. The van der Waals surface area contributed by atoms with Gasteiger partial charge in [-0.25, -0.2) is 9.97 Å². The van der Waals surface area contributed by atoms with Gasteiger partial charge in [-0.05, 0) is 26.2 Å². The predicted molar refractivity (Wildman–Crippen MR) is 87.2 cm³/mol. The van der Waals surface area contributed by atoms with E-state index in [1.165, 1.54) is 0 Å². The normalized spacial score (nSPS) is 18.9. The molecule has 0 amide bonds. The molecule has 1 fully saturated rings. The summed E-state index contributed by atoms with van der Waals surface area (Å²) in [4.78, 5) is 11.8. The molecule has 5 heteroatoms. The molecule has 0 bridgehead atoms. The minimum absolute atomic E-state index is 0.310. The Hall–Kier alpha value is -1.36. The maximum Gasteiger partial charge on any atom is 0.137 e. The molecule has 5 nitrogen and oxygen atoms in total. The molecule has 1 unspecified atom stereocenters. The third-order valence-electron chi connectivity index (χ3n) is 4.04. The van der Waals surface area contributed by atoms with Crippen molar-refractivity contribution in [2.24, 2.45) is 0 Å². The summed E-state index contributed by atoms with van der Waals surface area (Å²) in [5.41, 5.74) is 1.15. The number of hydrogen-bond donors (Lipinski definition) is 1. The lowest BCUT2D eigenvalue weighted by atomic mass is 10.1. The van der Waals surface area contributed by atoms with Crippen LogP contribution in [0, 0.1) is 6.92 Å². The molecular weight excluding hydrogens is 264 g/mol. The molecule has 1 saturated heterocycles. The summed E-state index contributed by atoms with van der Waals surface area (Å²) in [6.07, 6.45) is 4.55. The van der Waals surface area contributed by atoms with Crippen molar-refractivity contribution in [2.45, 2.75) is 52.6 Å². The van der Waals surface area contributed by atoms with Crippen molar-refractivity contribution in [3.8, 4) is 0 Å². The van der Waals surface area contributed by atoms with Gasteiger partial charge in [0.1, 0.15) is 17.5 Å². The first-order valence-corrected chi connectivity index (χ1v) is 8.08. The number of anilines is 2. The highest BCUT2D eigenvalue weighted by molar-refractivity contribution is 5.59. The van der Waals surface area contributed by atoms with E-state index < -0.39 is 0 Å². The molecule has 118 valence electrons. The lowest BCUT2D eigenvalue weighted by Crippen LogP contribution is -2.40. The van der Waals surface area contributed by atoms with Gasteiger partial charge in [0.25, 0.3) is 0 Å². The molecule has 0 saturated carbocycles. The van der Waals surface area contributed by atoms with Crippen LogP contribution in [0.5, 0.6) is 0 Å². The number of rotatable bonds is 6. The smallest absolute Gasteiger partial charge is 0.137 e. The van der Waals surface area contributed by atoms with Gasteiger partial charge < -0.3 is 15.0 Å². The maximum atomic E-state index is 5.53. The zero-order valence-corrected chi connectivity index (χ0v) is 13.8. The standard InChI is InChI=1S/C16H28N4O/c1-5-9-17-15-12(3)16(19-14(6-2)18-15)20-10-7-8-13(11-20)21-4/h13H,5-11H2,1-4H3,(H,17,18,19). The van der Waals surface area contributed by atoms with Crippen LogP contribution in [-0.4, -0.2) is 42.8 Å². The first-order chi connectivity index (χ1) is 10.2. The summed E-state index contributed by atoms with van der Waals surface area (Å²) in [6, 6.07) is 0. The zero-order chi connectivity index (χ0) is 15.2. The minimum atomic E-state index is 0.310. The molecule has 1 aliphatic heterocycles. The predicted octanol–water partition coefficient (Wildman–Crippen LogP) is 2.78. The second kappa shape index (κ2) is 7.59. The number of nitrogens with zero attached hydrogens (tertiary/aromatic N) is 3. The summed E-state index contributed by atoms with van der Waals surface area (Å²) in [5.74, 6) is 2.97. The first kappa shape index (κ1) is 16.0. The Morgan fingerprint density at radius 2 is 2.14 bits per heavy atom. The van der Waals surface area contributed by atoms with Crippen molar-refractivity contribution >= 4 is 11.6 Å². The van der Waals surface area contributed by atoms with E-state index in [1.54, 1.807) is 7.11 Å². The molecular formula is C16H28N4O. The molecule has 0 spiro atoms. The van der Waals surface area contributed by atoms with E-state index in [0.29, 0.717) is 6.10 Å². The quantitative estimate of drug-likeness (QED) is 0.873. The van der Waals surface area contributed by atoms with Gasteiger partial charge in [-0.3, -0.25) is 0 Å². The van der Waals surface area contributed by atoms with Crippen LogP contribution in [0.3, 0.4) is 0 Å². The van der Waals surface area contributed by atoms with Gasteiger partial charge >= 0.3 is 0 Å². The van der Waals surface area contributed by atoms with E-state index in [4.69, 9.17) is 9.72 Å². The van der Waals surface area contributed by atoms with Crippen LogP contribution >= 0.6 is 0 Å². The summed E-state index contributed by atoms with van der Waals surface area (Å²) < 4.78 is 5.53. The second-order valence-electron chi connectivity index (χ2n) is 5.66. The van der Waals surface area contributed by atoms with E-state index in [9.17, 15) is 0 Å². The Morgan fingerprint density at radius 3 is 2.81 bits per heavy atom. The summed E-state index contributed by atoms with van der Waals surface area (Å²) in [7, 11) is 1.80. The Morgan fingerprint density at radius 1 is 1.33 bits per heavy atom. The molecule has 0 aromatic carbocycles. The lowest BCUT2D eigenvalue weighted by molar-refractivity contribution is 0.0891. The third-order valence-corrected chi connectivity index (χ3v) is 4.04. The van der Waals surface area contributed by atoms with E-state index in [1.807, 2.05) is 0 Å². The highest BCUT2D eigenvalue weighted by atomic mass is 16.5. The second-order valence-corrected chi connectivity index (χ2v) is 5.66. The fraction of sp³-hybridized carbons (Fsp3) is 0.750. The molecule has 21 heavy (non-hydrogen) atoms. The van der Waals surface area contributed by atoms with Gasteiger partial charge in [-0.1, -0.05) is 13.8 Å². The van der Waals surface area contributed by atoms with E-state index in [2.05, 4.69) is 36.0 Å². The van der Waals surface area contributed by atoms with Gasteiger partial charge in [-0.15, -0.1) is 0 Å². The van der Waals surface area contributed by atoms with Crippen molar-refractivity contribution in [1.29, 1.82) is 0 Å². The van der Waals surface area contributed by atoms with Gasteiger partial charge in [0, 0.05) is 38.7 Å². The van der Waals surface area contributed by atoms with E-state index in [-0.39, 0.29) is 0 Å². The molecule has 1 N–H and O–H groups in total. The first-order valence-electron chi connectivity index (χ1n) is 8.08. The summed E-state index contributed by atoms with van der Waals surface area (Å²) >= 11 is 0. The van der Waals surface area contributed by atoms with E-state index in [0.717, 1.165) is 68.3 Å². The molecule has 1 aromatic rings. The Labute approximate surface area is 128 Å². The molecule has 1 atom stereocenters. The number of hydrogen-bond acceptors (Lipinski definition) is 5. The van der Waals surface area contributed by atoms with Crippen LogP contribution in [0.25, 0.3) is 0 Å². The summed E-state index contributed by atoms with van der Waals surface area (Å²) in [6.45, 7) is 9.30. The van der Waals surface area contributed by atoms with Crippen LogP contribution < -0.4 is 10.2 Å². The highest BCUT2D eigenvalue weighted by Crippen LogP contribution is 2.27. The number of piperidine rings is 1. The van der Waals surface area contributed by atoms with Crippen LogP contribution in [0.4, 0.5) is 11.6 Å².